The Morgan fingerprint density at radius 1 is 1.00 bits per heavy atom. The van der Waals surface area contributed by atoms with Crippen LogP contribution in [0.4, 0.5) is 17.5 Å². The van der Waals surface area contributed by atoms with Gasteiger partial charge in [0.15, 0.2) is 11.6 Å². The van der Waals surface area contributed by atoms with Crippen molar-refractivity contribution in [2.24, 2.45) is 0 Å². The number of nitrogens with zero attached hydrogens (tertiary/aromatic N) is 7. The van der Waals surface area contributed by atoms with Gasteiger partial charge in [-0.3, -0.25) is 10.00 Å². The molecule has 0 saturated carbocycles. The summed E-state index contributed by atoms with van der Waals surface area (Å²) < 4.78 is 5.18. The number of fused-ring (bicyclic) bond motifs is 3. The lowest BCUT2D eigenvalue weighted by Gasteiger charge is -2.35. The van der Waals surface area contributed by atoms with Gasteiger partial charge in [0.05, 0.1) is 12.6 Å². The lowest BCUT2D eigenvalue weighted by molar-refractivity contribution is 0.229. The zero-order chi connectivity index (χ0) is 26.3. The Morgan fingerprint density at radius 3 is 2.64 bits per heavy atom. The van der Waals surface area contributed by atoms with Gasteiger partial charge >= 0.3 is 0 Å². The first-order valence-corrected chi connectivity index (χ1v) is 13.1. The summed E-state index contributed by atoms with van der Waals surface area (Å²) in [6, 6.07) is 19.1. The van der Waals surface area contributed by atoms with E-state index in [-0.39, 0.29) is 0 Å². The lowest BCUT2D eigenvalue weighted by atomic mass is 10.2. The van der Waals surface area contributed by atoms with E-state index in [1.54, 1.807) is 7.11 Å². The van der Waals surface area contributed by atoms with Gasteiger partial charge in [0.25, 0.3) is 0 Å². The van der Waals surface area contributed by atoms with E-state index in [4.69, 9.17) is 19.7 Å². The highest BCUT2D eigenvalue weighted by atomic mass is 16.5. The van der Waals surface area contributed by atoms with Gasteiger partial charge in [-0.25, -0.2) is 19.9 Å². The van der Waals surface area contributed by atoms with E-state index < -0.39 is 0 Å². The number of anilines is 3. The van der Waals surface area contributed by atoms with Gasteiger partial charge in [-0.1, -0.05) is 18.2 Å². The normalized spacial score (nSPS) is 18.7. The van der Waals surface area contributed by atoms with Crippen LogP contribution in [0.2, 0.25) is 0 Å². The van der Waals surface area contributed by atoms with Crippen molar-refractivity contribution in [2.75, 3.05) is 30.4 Å². The quantitative estimate of drug-likeness (QED) is 0.325. The Kier molecular flexibility index (Phi) is 5.81. The fourth-order valence-corrected chi connectivity index (χ4v) is 5.68. The van der Waals surface area contributed by atoms with Crippen LogP contribution in [0.3, 0.4) is 0 Å². The molecule has 2 aliphatic heterocycles. The zero-order valence-electron chi connectivity index (χ0n) is 21.9. The van der Waals surface area contributed by atoms with Crippen LogP contribution < -0.4 is 15.0 Å². The van der Waals surface area contributed by atoms with Crippen LogP contribution in [-0.4, -0.2) is 67.3 Å². The SMILES string of the molecule is COc1ccc(CN2C[C@@H]3C[C@H]2CN3c2ccc(-c3nc(Nc4cc(C)[nH]n4)c4ccccc4n3)cn2)cn1. The molecule has 2 N–H and O–H groups in total. The average molecular weight is 520 g/mol. The van der Waals surface area contributed by atoms with Crippen LogP contribution in [0, 0.1) is 6.92 Å². The third kappa shape index (κ3) is 4.52. The second-order valence-electron chi connectivity index (χ2n) is 10.2. The average Bonchev–Trinajstić information content (AvgIpc) is 3.69. The van der Waals surface area contributed by atoms with E-state index >= 15 is 0 Å². The van der Waals surface area contributed by atoms with Crippen molar-refractivity contribution in [1.82, 2.24) is 35.0 Å². The molecule has 2 atom stereocenters. The van der Waals surface area contributed by atoms with Crippen molar-refractivity contribution in [1.29, 1.82) is 0 Å². The number of aromatic amines is 1. The number of hydrogen-bond acceptors (Lipinski definition) is 9. The minimum atomic E-state index is 0.463. The Hall–Kier alpha value is -4.57. The Bertz CT molecular complexity index is 1620. The third-order valence-corrected chi connectivity index (χ3v) is 7.60. The van der Waals surface area contributed by atoms with E-state index in [0.29, 0.717) is 23.8 Å². The molecular weight excluding hydrogens is 490 g/mol. The monoisotopic (exact) mass is 519 g/mol. The number of ether oxygens (including phenoxy) is 1. The minimum absolute atomic E-state index is 0.463. The molecule has 6 heterocycles. The van der Waals surface area contributed by atoms with E-state index in [0.717, 1.165) is 65.7 Å². The van der Waals surface area contributed by atoms with Crippen LogP contribution in [0.1, 0.15) is 17.7 Å². The summed E-state index contributed by atoms with van der Waals surface area (Å²) in [7, 11) is 1.64. The van der Waals surface area contributed by atoms with Crippen LogP contribution in [0.25, 0.3) is 22.3 Å². The molecule has 2 bridgehead atoms. The second-order valence-corrected chi connectivity index (χ2v) is 10.2. The molecule has 1 aromatic carbocycles. The van der Waals surface area contributed by atoms with E-state index in [1.807, 2.05) is 55.7 Å². The molecule has 0 radical (unpaired) electrons. The molecular formula is C29H29N9O. The molecule has 5 aromatic rings. The summed E-state index contributed by atoms with van der Waals surface area (Å²) >= 11 is 0. The van der Waals surface area contributed by atoms with Crippen molar-refractivity contribution < 1.29 is 4.74 Å². The van der Waals surface area contributed by atoms with Gasteiger partial charge in [-0.15, -0.1) is 0 Å². The summed E-state index contributed by atoms with van der Waals surface area (Å²) in [6.45, 7) is 4.88. The highest BCUT2D eigenvalue weighted by Crippen LogP contribution is 2.35. The van der Waals surface area contributed by atoms with E-state index in [1.165, 1.54) is 5.56 Å². The van der Waals surface area contributed by atoms with Crippen LogP contribution in [0.15, 0.2) is 67.0 Å². The van der Waals surface area contributed by atoms with Crippen LogP contribution in [-0.2, 0) is 6.54 Å². The van der Waals surface area contributed by atoms with E-state index in [2.05, 4.69) is 48.5 Å². The number of para-hydroxylation sites is 1. The number of piperazine rings is 1. The van der Waals surface area contributed by atoms with Crippen molar-refractivity contribution in [3.8, 4) is 17.3 Å². The maximum Gasteiger partial charge on any atom is 0.212 e. The maximum atomic E-state index is 5.18. The van der Waals surface area contributed by atoms with Crippen LogP contribution >= 0.6 is 0 Å². The predicted octanol–water partition coefficient (Wildman–Crippen LogP) is 4.33. The first-order chi connectivity index (χ1) is 19.1. The number of benzene rings is 1. The molecule has 0 unspecified atom stereocenters. The fraction of sp³-hybridized carbons (Fsp3) is 0.276. The van der Waals surface area contributed by atoms with E-state index in [9.17, 15) is 0 Å². The van der Waals surface area contributed by atoms with Gasteiger partial charge in [-0.05, 0) is 43.2 Å². The molecule has 2 aliphatic rings. The molecule has 7 rings (SSSR count). The zero-order valence-corrected chi connectivity index (χ0v) is 21.9. The van der Waals surface area contributed by atoms with Crippen molar-refractivity contribution in [2.45, 2.75) is 32.0 Å². The number of pyridine rings is 2. The number of H-pyrrole nitrogens is 1. The van der Waals surface area contributed by atoms with Crippen molar-refractivity contribution >= 4 is 28.4 Å². The lowest BCUT2D eigenvalue weighted by Crippen LogP contribution is -2.46. The molecule has 0 amide bonds. The highest BCUT2D eigenvalue weighted by molar-refractivity contribution is 5.92. The summed E-state index contributed by atoms with van der Waals surface area (Å²) in [6.07, 6.45) is 4.95. The number of aryl methyl sites for hydroxylation is 1. The van der Waals surface area contributed by atoms with Gasteiger partial charge in [0, 0.05) is 72.9 Å². The molecule has 196 valence electrons. The van der Waals surface area contributed by atoms with Crippen LogP contribution in [0.5, 0.6) is 5.88 Å². The summed E-state index contributed by atoms with van der Waals surface area (Å²) in [5.41, 5.74) is 3.94. The number of likely N-dealkylation sites (tertiary alicyclic amines) is 1. The largest absolute Gasteiger partial charge is 0.481 e. The fourth-order valence-electron chi connectivity index (χ4n) is 5.68. The highest BCUT2D eigenvalue weighted by Gasteiger charge is 2.43. The van der Waals surface area contributed by atoms with Gasteiger partial charge in [0.1, 0.15) is 11.6 Å². The molecule has 39 heavy (non-hydrogen) atoms. The predicted molar refractivity (Wildman–Crippen MR) is 150 cm³/mol. The molecule has 4 aromatic heterocycles. The number of nitrogens with one attached hydrogen (secondary N) is 2. The molecule has 0 aliphatic carbocycles. The van der Waals surface area contributed by atoms with Crippen molar-refractivity contribution in [3.63, 3.8) is 0 Å². The molecule has 10 nitrogen and oxygen atoms in total. The Labute approximate surface area is 226 Å². The standard InChI is InChI=1S/C29H29N9O/c1-18-11-25(36-35-18)33-29-23-5-3-4-6-24(23)32-28(34-29)20-8-9-26(30-14-20)38-17-21-12-22(38)16-37(21)15-19-7-10-27(39-2)31-13-19/h3-11,13-14,21-22H,12,15-17H2,1-2H3,(H2,32,33,34,35,36)/t21-,22-/m0/s1. The Balaban J connectivity index is 1.08. The number of methoxy groups -OCH3 is 1. The summed E-state index contributed by atoms with van der Waals surface area (Å²) in [5.74, 6) is 3.72. The van der Waals surface area contributed by atoms with Gasteiger partial charge in [-0.2, -0.15) is 5.10 Å². The first kappa shape index (κ1) is 23.5. The van der Waals surface area contributed by atoms with Gasteiger partial charge in [0.2, 0.25) is 5.88 Å². The first-order valence-electron chi connectivity index (χ1n) is 13.1. The third-order valence-electron chi connectivity index (χ3n) is 7.60. The minimum Gasteiger partial charge on any atom is -0.481 e. The second kappa shape index (κ2) is 9.63. The summed E-state index contributed by atoms with van der Waals surface area (Å²) in [4.78, 5) is 23.9. The number of rotatable bonds is 7. The summed E-state index contributed by atoms with van der Waals surface area (Å²) in [5, 5.41) is 11.6. The molecule has 10 heteroatoms. The van der Waals surface area contributed by atoms with Gasteiger partial charge < -0.3 is 15.0 Å². The Morgan fingerprint density at radius 2 is 1.92 bits per heavy atom. The molecule has 0 spiro atoms. The molecule has 2 fully saturated rings. The number of hydrogen-bond donors (Lipinski definition) is 2. The topological polar surface area (TPSA) is 108 Å². The molecule has 2 saturated heterocycles. The number of aromatic nitrogens is 6. The maximum absolute atomic E-state index is 5.18. The smallest absolute Gasteiger partial charge is 0.212 e. The van der Waals surface area contributed by atoms with Crippen molar-refractivity contribution in [3.05, 3.63) is 78.2 Å².